The smallest absolute Gasteiger partial charge is 0.337 e. The van der Waals surface area contributed by atoms with E-state index in [4.69, 9.17) is 11.6 Å². The Kier molecular flexibility index (Phi) is 5.69. The molecule has 1 aromatic carbocycles. The third-order valence-corrected chi connectivity index (χ3v) is 4.98. The molecule has 0 aliphatic rings. The standard InChI is InChI=1S/C21H17ClFN7O2/c1-29-11-25-10-18(29)30(2)19-15(12-5-13(20(31)32)8-24-7-12)9-26-21(28-19)27-14-3-4-17(23)16(22)6-14/h3-11H,1-2H3,(H,31,32)(H,26,27,28). The van der Waals surface area contributed by atoms with Gasteiger partial charge in [-0.2, -0.15) is 4.98 Å². The summed E-state index contributed by atoms with van der Waals surface area (Å²) in [6, 6.07) is 5.69. The number of benzene rings is 1. The highest BCUT2D eigenvalue weighted by Gasteiger charge is 2.18. The highest BCUT2D eigenvalue weighted by atomic mass is 35.5. The molecule has 32 heavy (non-hydrogen) atoms. The fourth-order valence-corrected chi connectivity index (χ4v) is 3.26. The minimum Gasteiger partial charge on any atom is -0.478 e. The van der Waals surface area contributed by atoms with Gasteiger partial charge in [-0.25, -0.2) is 19.2 Å². The first-order valence-corrected chi connectivity index (χ1v) is 9.69. The monoisotopic (exact) mass is 453 g/mol. The average molecular weight is 454 g/mol. The normalized spacial score (nSPS) is 10.8. The van der Waals surface area contributed by atoms with Crippen LogP contribution in [0.25, 0.3) is 11.1 Å². The number of carboxylic acids is 1. The molecule has 0 fully saturated rings. The molecule has 3 heterocycles. The maximum Gasteiger partial charge on any atom is 0.337 e. The molecule has 0 radical (unpaired) electrons. The highest BCUT2D eigenvalue weighted by molar-refractivity contribution is 6.31. The van der Waals surface area contributed by atoms with E-state index in [1.807, 2.05) is 11.6 Å². The van der Waals surface area contributed by atoms with Crippen molar-refractivity contribution >= 4 is 40.8 Å². The van der Waals surface area contributed by atoms with Crippen LogP contribution in [0.1, 0.15) is 10.4 Å². The van der Waals surface area contributed by atoms with Crippen LogP contribution < -0.4 is 10.2 Å². The maximum atomic E-state index is 13.5. The molecule has 11 heteroatoms. The predicted octanol–water partition coefficient (Wildman–Crippen LogP) is 4.27. The van der Waals surface area contributed by atoms with Crippen LogP contribution in [0.2, 0.25) is 5.02 Å². The molecule has 0 atom stereocenters. The van der Waals surface area contributed by atoms with Crippen LogP contribution >= 0.6 is 11.6 Å². The van der Waals surface area contributed by atoms with E-state index in [2.05, 4.69) is 25.3 Å². The molecule has 0 amide bonds. The molecule has 2 N–H and O–H groups in total. The second kappa shape index (κ2) is 8.60. The number of rotatable bonds is 6. The second-order valence-corrected chi connectivity index (χ2v) is 7.28. The number of carboxylic acid groups (broad SMARTS) is 1. The van der Waals surface area contributed by atoms with Gasteiger partial charge in [0.1, 0.15) is 17.5 Å². The summed E-state index contributed by atoms with van der Waals surface area (Å²) >= 11 is 5.86. The number of aromatic carboxylic acids is 1. The molecule has 0 aliphatic heterocycles. The number of halogens is 2. The van der Waals surface area contributed by atoms with Crippen LogP contribution in [0.3, 0.4) is 0 Å². The molecule has 162 valence electrons. The number of imidazole rings is 1. The predicted molar refractivity (Wildman–Crippen MR) is 118 cm³/mol. The number of anilines is 4. The van der Waals surface area contributed by atoms with Gasteiger partial charge in [-0.3, -0.25) is 4.98 Å². The Balaban J connectivity index is 1.80. The molecule has 0 spiro atoms. The van der Waals surface area contributed by atoms with Crippen molar-refractivity contribution in [1.82, 2.24) is 24.5 Å². The van der Waals surface area contributed by atoms with E-state index < -0.39 is 11.8 Å². The summed E-state index contributed by atoms with van der Waals surface area (Å²) in [7, 11) is 3.64. The van der Waals surface area contributed by atoms with Gasteiger partial charge in [0.25, 0.3) is 0 Å². The second-order valence-electron chi connectivity index (χ2n) is 6.87. The lowest BCUT2D eigenvalue weighted by Crippen LogP contribution is -2.16. The molecule has 0 saturated heterocycles. The molecule has 0 unspecified atom stereocenters. The zero-order valence-electron chi connectivity index (χ0n) is 17.0. The summed E-state index contributed by atoms with van der Waals surface area (Å²) < 4.78 is 15.3. The summed E-state index contributed by atoms with van der Waals surface area (Å²) in [5.74, 6) is -0.168. The van der Waals surface area contributed by atoms with E-state index >= 15 is 0 Å². The molecular formula is C21H17ClFN7O2. The number of aromatic nitrogens is 5. The SMILES string of the molecule is CN(c1nc(Nc2ccc(F)c(Cl)c2)ncc1-c1cncc(C(=O)O)c1)c1cncn1C. The minimum atomic E-state index is -1.09. The first-order valence-electron chi connectivity index (χ1n) is 9.31. The summed E-state index contributed by atoms with van der Waals surface area (Å²) in [5, 5.41) is 12.3. The van der Waals surface area contributed by atoms with Crippen molar-refractivity contribution in [2.75, 3.05) is 17.3 Å². The lowest BCUT2D eigenvalue weighted by Gasteiger charge is -2.22. The van der Waals surface area contributed by atoms with Gasteiger partial charge < -0.3 is 19.9 Å². The Bertz CT molecular complexity index is 1310. The van der Waals surface area contributed by atoms with Crippen LogP contribution in [0, 0.1) is 5.82 Å². The van der Waals surface area contributed by atoms with Crippen LogP contribution in [-0.4, -0.2) is 42.6 Å². The molecular weight excluding hydrogens is 437 g/mol. The van der Waals surface area contributed by atoms with E-state index in [9.17, 15) is 14.3 Å². The van der Waals surface area contributed by atoms with E-state index in [1.165, 1.54) is 30.5 Å². The lowest BCUT2D eigenvalue weighted by atomic mass is 10.1. The Hall–Kier alpha value is -4.05. The number of nitrogens with zero attached hydrogens (tertiary/aromatic N) is 6. The van der Waals surface area contributed by atoms with Crippen molar-refractivity contribution in [2.24, 2.45) is 7.05 Å². The van der Waals surface area contributed by atoms with Gasteiger partial charge in [-0.1, -0.05) is 11.6 Å². The minimum absolute atomic E-state index is 0.0320. The zero-order valence-corrected chi connectivity index (χ0v) is 17.7. The fourth-order valence-electron chi connectivity index (χ4n) is 3.08. The van der Waals surface area contributed by atoms with Crippen LogP contribution in [0.5, 0.6) is 0 Å². The van der Waals surface area contributed by atoms with Crippen LogP contribution in [-0.2, 0) is 7.05 Å². The Morgan fingerprint density at radius 3 is 2.69 bits per heavy atom. The number of nitrogens with one attached hydrogen (secondary N) is 1. The molecule has 3 aromatic heterocycles. The average Bonchev–Trinajstić information content (AvgIpc) is 3.21. The van der Waals surface area contributed by atoms with E-state index in [1.54, 1.807) is 36.9 Å². The van der Waals surface area contributed by atoms with Crippen molar-refractivity contribution < 1.29 is 14.3 Å². The first-order chi connectivity index (χ1) is 15.3. The third-order valence-electron chi connectivity index (χ3n) is 4.69. The molecule has 4 aromatic rings. The molecule has 0 saturated carbocycles. The largest absolute Gasteiger partial charge is 0.478 e. The number of hydrogen-bond acceptors (Lipinski definition) is 7. The van der Waals surface area contributed by atoms with Gasteiger partial charge in [0, 0.05) is 49.5 Å². The van der Waals surface area contributed by atoms with Crippen LogP contribution in [0.4, 0.5) is 27.7 Å². The van der Waals surface area contributed by atoms with Crippen molar-refractivity contribution in [2.45, 2.75) is 0 Å². The van der Waals surface area contributed by atoms with Crippen molar-refractivity contribution in [3.8, 4) is 11.1 Å². The number of carbonyl (C=O) groups is 1. The van der Waals surface area contributed by atoms with E-state index in [0.29, 0.717) is 22.6 Å². The highest BCUT2D eigenvalue weighted by Crippen LogP contribution is 2.33. The van der Waals surface area contributed by atoms with Gasteiger partial charge >= 0.3 is 5.97 Å². The van der Waals surface area contributed by atoms with Gasteiger partial charge in [0.2, 0.25) is 5.95 Å². The number of pyridine rings is 1. The fraction of sp³-hybridized carbons (Fsp3) is 0.0952. The summed E-state index contributed by atoms with van der Waals surface area (Å²) in [6.45, 7) is 0. The summed E-state index contributed by atoms with van der Waals surface area (Å²) in [6.07, 6.45) is 7.69. The third kappa shape index (κ3) is 4.21. The number of aryl methyl sites for hydroxylation is 1. The van der Waals surface area contributed by atoms with Gasteiger partial charge in [-0.15, -0.1) is 0 Å². The molecule has 9 nitrogen and oxygen atoms in total. The van der Waals surface area contributed by atoms with Crippen molar-refractivity contribution in [3.63, 3.8) is 0 Å². The number of hydrogen-bond donors (Lipinski definition) is 2. The Labute approximate surface area is 187 Å². The van der Waals surface area contributed by atoms with Crippen molar-refractivity contribution in [3.05, 3.63) is 71.8 Å². The Morgan fingerprint density at radius 2 is 2.00 bits per heavy atom. The Morgan fingerprint density at radius 1 is 1.19 bits per heavy atom. The van der Waals surface area contributed by atoms with Gasteiger partial charge in [-0.05, 0) is 24.3 Å². The topological polar surface area (TPSA) is 109 Å². The quantitative estimate of drug-likeness (QED) is 0.445. The summed E-state index contributed by atoms with van der Waals surface area (Å²) in [5.41, 5.74) is 1.64. The lowest BCUT2D eigenvalue weighted by molar-refractivity contribution is 0.0696. The van der Waals surface area contributed by atoms with E-state index in [-0.39, 0.29) is 16.5 Å². The van der Waals surface area contributed by atoms with Crippen LogP contribution in [0.15, 0.2) is 55.4 Å². The first kappa shape index (κ1) is 21.2. The van der Waals surface area contributed by atoms with Crippen molar-refractivity contribution in [1.29, 1.82) is 0 Å². The van der Waals surface area contributed by atoms with Gasteiger partial charge in [0.05, 0.1) is 23.1 Å². The molecule has 0 aliphatic carbocycles. The summed E-state index contributed by atoms with van der Waals surface area (Å²) in [4.78, 5) is 30.3. The zero-order chi connectivity index (χ0) is 22.8. The van der Waals surface area contributed by atoms with Gasteiger partial charge in [0.15, 0.2) is 0 Å². The molecule has 0 bridgehead atoms. The van der Waals surface area contributed by atoms with E-state index in [0.717, 1.165) is 5.82 Å². The maximum absolute atomic E-state index is 13.5. The molecule has 4 rings (SSSR count).